The van der Waals surface area contributed by atoms with E-state index in [1.54, 1.807) is 0 Å². The largest absolute Gasteiger partial charge is 0.349 e. The van der Waals surface area contributed by atoms with Crippen LogP contribution >= 0.6 is 0 Å². The predicted molar refractivity (Wildman–Crippen MR) is 82.5 cm³/mol. The number of aromatic nitrogens is 1. The van der Waals surface area contributed by atoms with E-state index in [1.807, 2.05) is 0 Å². The van der Waals surface area contributed by atoms with Gasteiger partial charge in [-0.3, -0.25) is 0 Å². The van der Waals surface area contributed by atoms with Crippen molar-refractivity contribution < 1.29 is 0 Å². The number of rotatable bonds is 6. The molecule has 1 aromatic rings. The molecule has 1 aliphatic rings. The fourth-order valence-corrected chi connectivity index (χ4v) is 3.54. The van der Waals surface area contributed by atoms with Gasteiger partial charge in [-0.25, -0.2) is 0 Å². The molecular formula is C17H30N2. The quantitative estimate of drug-likeness (QED) is 0.761. The molecule has 2 rings (SSSR count). The summed E-state index contributed by atoms with van der Waals surface area (Å²) in [5.74, 6) is 0.990. The van der Waals surface area contributed by atoms with E-state index in [9.17, 15) is 0 Å². The molecule has 0 spiro atoms. The van der Waals surface area contributed by atoms with Gasteiger partial charge in [0.2, 0.25) is 0 Å². The van der Waals surface area contributed by atoms with E-state index in [0.717, 1.165) is 19.0 Å². The highest BCUT2D eigenvalue weighted by molar-refractivity contribution is 5.26. The Labute approximate surface area is 118 Å². The zero-order chi connectivity index (χ0) is 13.7. The van der Waals surface area contributed by atoms with Gasteiger partial charge in [-0.05, 0) is 51.3 Å². The van der Waals surface area contributed by atoms with Crippen LogP contribution in [0.5, 0.6) is 0 Å². The number of hydrogen-bond acceptors (Lipinski definition) is 1. The molecule has 1 heterocycles. The summed E-state index contributed by atoms with van der Waals surface area (Å²) in [6.45, 7) is 9.98. The summed E-state index contributed by atoms with van der Waals surface area (Å²) in [4.78, 5) is 0. The van der Waals surface area contributed by atoms with Crippen LogP contribution in [-0.4, -0.2) is 11.1 Å². The number of nitrogens with zero attached hydrogens (tertiary/aromatic N) is 1. The van der Waals surface area contributed by atoms with Crippen molar-refractivity contribution in [3.8, 4) is 0 Å². The Morgan fingerprint density at radius 3 is 2.58 bits per heavy atom. The van der Waals surface area contributed by atoms with Gasteiger partial charge in [-0.15, -0.1) is 0 Å². The highest BCUT2D eigenvalue weighted by Crippen LogP contribution is 2.25. The maximum atomic E-state index is 3.64. The molecule has 0 radical (unpaired) electrons. The summed E-state index contributed by atoms with van der Waals surface area (Å²) < 4.78 is 2.40. The highest BCUT2D eigenvalue weighted by Gasteiger charge is 2.13. The molecule has 0 aromatic carbocycles. The van der Waals surface area contributed by atoms with Crippen LogP contribution in [0.25, 0.3) is 0 Å². The third kappa shape index (κ3) is 3.85. The standard InChI is InChI=1S/C17H30N2/c1-4-19-14(2)12-17(15(19)3)13-18-11-10-16-8-6-5-7-9-16/h12,16,18H,4-11,13H2,1-3H3. The van der Waals surface area contributed by atoms with Crippen molar-refractivity contribution in [3.63, 3.8) is 0 Å². The summed E-state index contributed by atoms with van der Waals surface area (Å²) in [6.07, 6.45) is 8.68. The second-order valence-corrected chi connectivity index (χ2v) is 6.11. The molecule has 0 amide bonds. The summed E-state index contributed by atoms with van der Waals surface area (Å²) in [6, 6.07) is 2.34. The molecule has 1 N–H and O–H groups in total. The van der Waals surface area contributed by atoms with E-state index in [2.05, 4.69) is 36.7 Å². The third-order valence-corrected chi connectivity index (χ3v) is 4.76. The Kier molecular flexibility index (Phi) is 5.50. The molecule has 0 saturated heterocycles. The van der Waals surface area contributed by atoms with Gasteiger partial charge in [0.1, 0.15) is 0 Å². The van der Waals surface area contributed by atoms with Gasteiger partial charge < -0.3 is 9.88 Å². The van der Waals surface area contributed by atoms with Crippen LogP contribution in [0, 0.1) is 19.8 Å². The first kappa shape index (κ1) is 14.6. The molecule has 1 saturated carbocycles. The molecule has 19 heavy (non-hydrogen) atoms. The Hall–Kier alpha value is -0.760. The fraction of sp³-hybridized carbons (Fsp3) is 0.765. The van der Waals surface area contributed by atoms with E-state index in [-0.39, 0.29) is 0 Å². The summed E-state index contributed by atoms with van der Waals surface area (Å²) in [5, 5.41) is 3.64. The Morgan fingerprint density at radius 1 is 1.21 bits per heavy atom. The van der Waals surface area contributed by atoms with Crippen LogP contribution in [-0.2, 0) is 13.1 Å². The molecule has 2 heteroatoms. The zero-order valence-electron chi connectivity index (χ0n) is 13.0. The molecule has 0 unspecified atom stereocenters. The first-order valence-corrected chi connectivity index (χ1v) is 8.08. The van der Waals surface area contributed by atoms with Gasteiger partial charge in [-0.2, -0.15) is 0 Å². The van der Waals surface area contributed by atoms with E-state index >= 15 is 0 Å². The maximum Gasteiger partial charge on any atom is 0.0223 e. The highest BCUT2D eigenvalue weighted by atomic mass is 15.0. The fourth-order valence-electron chi connectivity index (χ4n) is 3.54. The SMILES string of the molecule is CCn1c(C)cc(CNCCC2CCCCC2)c1C. The molecular weight excluding hydrogens is 232 g/mol. The Morgan fingerprint density at radius 2 is 1.95 bits per heavy atom. The summed E-state index contributed by atoms with van der Waals surface area (Å²) in [7, 11) is 0. The number of hydrogen-bond donors (Lipinski definition) is 1. The number of nitrogens with one attached hydrogen (secondary N) is 1. The van der Waals surface area contributed by atoms with Crippen molar-refractivity contribution >= 4 is 0 Å². The number of aryl methyl sites for hydroxylation is 1. The Balaban J connectivity index is 1.73. The lowest BCUT2D eigenvalue weighted by atomic mass is 9.87. The average Bonchev–Trinajstić information content (AvgIpc) is 2.70. The minimum absolute atomic E-state index is 0.990. The lowest BCUT2D eigenvalue weighted by Gasteiger charge is -2.21. The second-order valence-electron chi connectivity index (χ2n) is 6.11. The normalized spacial score (nSPS) is 17.0. The van der Waals surface area contributed by atoms with Gasteiger partial charge >= 0.3 is 0 Å². The lowest BCUT2D eigenvalue weighted by molar-refractivity contribution is 0.334. The molecule has 2 nitrogen and oxygen atoms in total. The van der Waals surface area contributed by atoms with Crippen LogP contribution in [0.4, 0.5) is 0 Å². The van der Waals surface area contributed by atoms with Gasteiger partial charge in [0, 0.05) is 24.5 Å². The smallest absolute Gasteiger partial charge is 0.0223 e. The van der Waals surface area contributed by atoms with Crippen molar-refractivity contribution in [2.75, 3.05) is 6.54 Å². The predicted octanol–water partition coefficient (Wildman–Crippen LogP) is 4.18. The van der Waals surface area contributed by atoms with Crippen molar-refractivity contribution in [1.29, 1.82) is 0 Å². The van der Waals surface area contributed by atoms with Crippen molar-refractivity contribution in [2.45, 2.75) is 72.4 Å². The van der Waals surface area contributed by atoms with E-state index in [0.29, 0.717) is 0 Å². The first-order valence-electron chi connectivity index (χ1n) is 8.08. The van der Waals surface area contributed by atoms with E-state index in [4.69, 9.17) is 0 Å². The van der Waals surface area contributed by atoms with Crippen LogP contribution in [0.2, 0.25) is 0 Å². The van der Waals surface area contributed by atoms with Crippen molar-refractivity contribution in [2.24, 2.45) is 5.92 Å². The van der Waals surface area contributed by atoms with Crippen LogP contribution in [0.1, 0.15) is 62.4 Å². The van der Waals surface area contributed by atoms with Crippen molar-refractivity contribution in [1.82, 2.24) is 9.88 Å². The Bertz CT molecular complexity index is 386. The first-order chi connectivity index (χ1) is 9.22. The van der Waals surface area contributed by atoms with Gasteiger partial charge in [0.15, 0.2) is 0 Å². The second kappa shape index (κ2) is 7.14. The topological polar surface area (TPSA) is 17.0 Å². The van der Waals surface area contributed by atoms with E-state index in [1.165, 1.54) is 62.0 Å². The minimum atomic E-state index is 0.990. The van der Waals surface area contributed by atoms with E-state index < -0.39 is 0 Å². The molecule has 1 aliphatic carbocycles. The molecule has 108 valence electrons. The van der Waals surface area contributed by atoms with Crippen LogP contribution in [0.15, 0.2) is 6.07 Å². The molecule has 0 bridgehead atoms. The minimum Gasteiger partial charge on any atom is -0.349 e. The average molecular weight is 262 g/mol. The van der Waals surface area contributed by atoms with Gasteiger partial charge in [0.05, 0.1) is 0 Å². The van der Waals surface area contributed by atoms with Gasteiger partial charge in [-0.1, -0.05) is 32.1 Å². The van der Waals surface area contributed by atoms with Crippen molar-refractivity contribution in [3.05, 3.63) is 23.0 Å². The van der Waals surface area contributed by atoms with Crippen LogP contribution < -0.4 is 5.32 Å². The molecule has 0 aliphatic heterocycles. The van der Waals surface area contributed by atoms with Crippen LogP contribution in [0.3, 0.4) is 0 Å². The molecule has 1 fully saturated rings. The summed E-state index contributed by atoms with van der Waals surface area (Å²) in [5.41, 5.74) is 4.30. The summed E-state index contributed by atoms with van der Waals surface area (Å²) >= 11 is 0. The zero-order valence-corrected chi connectivity index (χ0v) is 13.0. The third-order valence-electron chi connectivity index (χ3n) is 4.76. The maximum absolute atomic E-state index is 3.64. The monoisotopic (exact) mass is 262 g/mol. The molecule has 0 atom stereocenters. The molecule has 1 aromatic heterocycles. The van der Waals surface area contributed by atoms with Gasteiger partial charge in [0.25, 0.3) is 0 Å². The lowest BCUT2D eigenvalue weighted by Crippen LogP contribution is -2.19.